The van der Waals surface area contributed by atoms with Crippen LogP contribution in [0, 0.1) is 0 Å². The SMILES string of the molecule is CC1CC(C)SC(Nc2c(Cl)ccc3nsnc23)=N1. The maximum Gasteiger partial charge on any atom is 0.161 e. The molecule has 0 amide bonds. The van der Waals surface area contributed by atoms with Crippen molar-refractivity contribution in [2.75, 3.05) is 5.32 Å². The highest BCUT2D eigenvalue weighted by Crippen LogP contribution is 2.33. The Morgan fingerprint density at radius 3 is 2.95 bits per heavy atom. The maximum atomic E-state index is 6.26. The number of nitrogens with zero attached hydrogens (tertiary/aromatic N) is 3. The van der Waals surface area contributed by atoms with Gasteiger partial charge in [0, 0.05) is 5.25 Å². The van der Waals surface area contributed by atoms with Crippen LogP contribution < -0.4 is 5.32 Å². The molecule has 3 rings (SSSR count). The Balaban J connectivity index is 1.97. The van der Waals surface area contributed by atoms with Gasteiger partial charge in [-0.25, -0.2) is 0 Å². The van der Waals surface area contributed by atoms with Crippen LogP contribution in [0.1, 0.15) is 20.3 Å². The summed E-state index contributed by atoms with van der Waals surface area (Å²) in [5, 5.41) is 5.44. The summed E-state index contributed by atoms with van der Waals surface area (Å²) >= 11 is 9.20. The van der Waals surface area contributed by atoms with Gasteiger partial charge in [-0.05, 0) is 25.5 Å². The Labute approximate surface area is 125 Å². The van der Waals surface area contributed by atoms with Crippen LogP contribution >= 0.6 is 35.1 Å². The van der Waals surface area contributed by atoms with Crippen molar-refractivity contribution < 1.29 is 0 Å². The summed E-state index contributed by atoms with van der Waals surface area (Å²) in [5.74, 6) is 0. The summed E-state index contributed by atoms with van der Waals surface area (Å²) in [6.45, 7) is 4.34. The molecule has 1 N–H and O–H groups in total. The van der Waals surface area contributed by atoms with E-state index < -0.39 is 0 Å². The zero-order valence-electron chi connectivity index (χ0n) is 10.6. The molecule has 1 aliphatic heterocycles. The monoisotopic (exact) mass is 312 g/mol. The van der Waals surface area contributed by atoms with Gasteiger partial charge < -0.3 is 5.32 Å². The summed E-state index contributed by atoms with van der Waals surface area (Å²) in [5.41, 5.74) is 2.48. The molecule has 7 heteroatoms. The quantitative estimate of drug-likeness (QED) is 0.864. The highest BCUT2D eigenvalue weighted by Gasteiger charge is 2.20. The first-order valence-corrected chi connectivity index (χ1v) is 8.04. The summed E-state index contributed by atoms with van der Waals surface area (Å²) < 4.78 is 8.53. The molecular formula is C12H13ClN4S2. The Kier molecular flexibility index (Phi) is 3.64. The molecule has 2 unspecified atom stereocenters. The van der Waals surface area contributed by atoms with E-state index in [9.17, 15) is 0 Å². The maximum absolute atomic E-state index is 6.26. The lowest BCUT2D eigenvalue weighted by atomic mass is 10.2. The second-order valence-electron chi connectivity index (χ2n) is 4.63. The van der Waals surface area contributed by atoms with Crippen LogP contribution in [-0.2, 0) is 0 Å². The second kappa shape index (κ2) is 5.26. The average molecular weight is 313 g/mol. The number of aromatic nitrogens is 2. The second-order valence-corrected chi connectivity index (χ2v) is 6.99. The minimum Gasteiger partial charge on any atom is -0.332 e. The van der Waals surface area contributed by atoms with E-state index >= 15 is 0 Å². The normalized spacial score (nSPS) is 23.4. The first kappa shape index (κ1) is 13.1. The van der Waals surface area contributed by atoms with Gasteiger partial charge in [-0.2, -0.15) is 8.75 Å². The molecule has 2 atom stereocenters. The molecule has 4 nitrogen and oxygen atoms in total. The van der Waals surface area contributed by atoms with Gasteiger partial charge in [0.2, 0.25) is 0 Å². The largest absolute Gasteiger partial charge is 0.332 e. The Bertz CT molecular complexity index is 640. The summed E-state index contributed by atoms with van der Waals surface area (Å²) in [7, 11) is 0. The van der Waals surface area contributed by atoms with E-state index in [-0.39, 0.29) is 0 Å². The summed E-state index contributed by atoms with van der Waals surface area (Å²) in [6.07, 6.45) is 1.10. The van der Waals surface area contributed by atoms with Crippen molar-refractivity contribution in [3.63, 3.8) is 0 Å². The number of nitrogens with one attached hydrogen (secondary N) is 1. The van der Waals surface area contributed by atoms with Gasteiger partial charge in [0.25, 0.3) is 0 Å². The average Bonchev–Trinajstić information content (AvgIpc) is 2.80. The number of amidine groups is 1. The van der Waals surface area contributed by atoms with Crippen LogP contribution in [0.4, 0.5) is 5.69 Å². The highest BCUT2D eigenvalue weighted by molar-refractivity contribution is 8.14. The van der Waals surface area contributed by atoms with Crippen molar-refractivity contribution in [2.24, 2.45) is 4.99 Å². The first-order valence-electron chi connectivity index (χ1n) is 6.05. The van der Waals surface area contributed by atoms with Crippen molar-refractivity contribution in [2.45, 2.75) is 31.6 Å². The Morgan fingerprint density at radius 2 is 2.16 bits per heavy atom. The third kappa shape index (κ3) is 2.70. The predicted molar refractivity (Wildman–Crippen MR) is 84.6 cm³/mol. The minimum atomic E-state index is 0.338. The predicted octanol–water partition coefficient (Wildman–Crippen LogP) is 4.03. The summed E-state index contributed by atoms with van der Waals surface area (Å²) in [6, 6.07) is 4.06. The number of rotatable bonds is 1. The van der Waals surface area contributed by atoms with E-state index in [2.05, 4.69) is 32.9 Å². The van der Waals surface area contributed by atoms with Crippen LogP contribution in [-0.4, -0.2) is 25.2 Å². The molecule has 1 aromatic heterocycles. The van der Waals surface area contributed by atoms with Crippen molar-refractivity contribution in [1.82, 2.24) is 8.75 Å². The highest BCUT2D eigenvalue weighted by atomic mass is 35.5. The lowest BCUT2D eigenvalue weighted by molar-refractivity contribution is 0.661. The fourth-order valence-electron chi connectivity index (χ4n) is 2.12. The zero-order chi connectivity index (χ0) is 13.4. The Hall–Kier alpha value is -0.850. The van der Waals surface area contributed by atoms with Crippen LogP contribution in [0.3, 0.4) is 0 Å². The van der Waals surface area contributed by atoms with Crippen LogP contribution in [0.25, 0.3) is 11.0 Å². The van der Waals surface area contributed by atoms with Crippen molar-refractivity contribution >= 4 is 57.0 Å². The number of hydrogen-bond donors (Lipinski definition) is 1. The molecule has 1 aliphatic rings. The van der Waals surface area contributed by atoms with Gasteiger partial charge in [0.15, 0.2) is 5.17 Å². The standard InChI is InChI=1S/C12H13ClN4S2/c1-6-5-7(2)18-12(14-6)15-10-8(13)3-4-9-11(10)17-19-16-9/h3-4,6-7H,5H2,1-2H3,(H,14,15). The topological polar surface area (TPSA) is 50.2 Å². The molecule has 0 bridgehead atoms. The number of fused-ring (bicyclic) bond motifs is 1. The fraction of sp³-hybridized carbons (Fsp3) is 0.417. The van der Waals surface area contributed by atoms with Gasteiger partial charge in [-0.15, -0.1) is 0 Å². The van der Waals surface area contributed by atoms with Gasteiger partial charge in [-0.1, -0.05) is 30.3 Å². The van der Waals surface area contributed by atoms with E-state index in [4.69, 9.17) is 11.6 Å². The van der Waals surface area contributed by atoms with Gasteiger partial charge in [-0.3, -0.25) is 4.99 Å². The summed E-state index contributed by atoms with van der Waals surface area (Å²) in [4.78, 5) is 4.63. The Morgan fingerprint density at radius 1 is 1.32 bits per heavy atom. The van der Waals surface area contributed by atoms with Gasteiger partial charge in [0.1, 0.15) is 11.0 Å². The van der Waals surface area contributed by atoms with Crippen LogP contribution in [0.15, 0.2) is 17.1 Å². The molecule has 0 aliphatic carbocycles. The van der Waals surface area contributed by atoms with E-state index in [0.717, 1.165) is 28.3 Å². The molecule has 2 aromatic rings. The van der Waals surface area contributed by atoms with Crippen molar-refractivity contribution in [3.05, 3.63) is 17.2 Å². The van der Waals surface area contributed by atoms with Crippen molar-refractivity contribution in [1.29, 1.82) is 0 Å². The number of anilines is 1. The number of hydrogen-bond acceptors (Lipinski definition) is 6. The number of aliphatic imine (C=N–C) groups is 1. The van der Waals surface area contributed by atoms with Crippen LogP contribution in [0.2, 0.25) is 5.02 Å². The molecule has 1 aromatic carbocycles. The van der Waals surface area contributed by atoms with Crippen LogP contribution in [0.5, 0.6) is 0 Å². The third-order valence-corrected chi connectivity index (χ3v) is 4.82. The lowest BCUT2D eigenvalue weighted by Gasteiger charge is -2.23. The molecule has 100 valence electrons. The molecular weight excluding hydrogens is 300 g/mol. The molecule has 0 fully saturated rings. The fourth-order valence-corrected chi connectivity index (χ4v) is 4.02. The lowest BCUT2D eigenvalue weighted by Crippen LogP contribution is -2.22. The minimum absolute atomic E-state index is 0.338. The molecule has 0 saturated heterocycles. The number of thioether (sulfide) groups is 1. The zero-order valence-corrected chi connectivity index (χ0v) is 12.9. The molecule has 19 heavy (non-hydrogen) atoms. The smallest absolute Gasteiger partial charge is 0.161 e. The van der Waals surface area contributed by atoms with E-state index in [1.807, 2.05) is 12.1 Å². The van der Waals surface area contributed by atoms with Gasteiger partial charge >= 0.3 is 0 Å². The number of halogens is 1. The van der Waals surface area contributed by atoms with Crippen molar-refractivity contribution in [3.8, 4) is 0 Å². The van der Waals surface area contributed by atoms with Gasteiger partial charge in [0.05, 0.1) is 28.5 Å². The molecule has 0 spiro atoms. The van der Waals surface area contributed by atoms with E-state index in [0.29, 0.717) is 16.3 Å². The van der Waals surface area contributed by atoms with E-state index in [1.165, 1.54) is 11.7 Å². The molecule has 0 radical (unpaired) electrons. The third-order valence-electron chi connectivity index (χ3n) is 2.93. The first-order chi connectivity index (χ1) is 9.13. The molecule has 0 saturated carbocycles. The van der Waals surface area contributed by atoms with E-state index in [1.54, 1.807) is 11.8 Å². The molecule has 2 heterocycles. The number of benzene rings is 1.